The van der Waals surface area contributed by atoms with Crippen molar-refractivity contribution in [1.29, 1.82) is 0 Å². The molecule has 3 heterocycles. The van der Waals surface area contributed by atoms with Crippen LogP contribution in [-0.2, 0) is 22.9 Å². The molecule has 4 aromatic rings. The van der Waals surface area contributed by atoms with Crippen LogP contribution in [-0.4, -0.2) is 42.3 Å². The lowest BCUT2D eigenvalue weighted by Gasteiger charge is -2.19. The van der Waals surface area contributed by atoms with Crippen molar-refractivity contribution in [3.05, 3.63) is 71.9 Å². The molecule has 0 aliphatic heterocycles. The van der Waals surface area contributed by atoms with Crippen molar-refractivity contribution in [2.75, 3.05) is 5.32 Å². The second-order valence-corrected chi connectivity index (χ2v) is 9.75. The number of aromatic amines is 1. The minimum Gasteiger partial charge on any atom is -0.481 e. The molecular weight excluding hydrogens is 513 g/mol. The molecule has 0 unspecified atom stereocenters. The Balaban J connectivity index is 1.21. The highest BCUT2D eigenvalue weighted by Crippen LogP contribution is 2.52. The maximum atomic E-state index is 13.9. The van der Waals surface area contributed by atoms with Crippen LogP contribution in [0.5, 0.6) is 5.88 Å². The molecule has 12 heteroatoms. The Labute approximate surface area is 220 Å². The minimum absolute atomic E-state index is 0.190. The number of carboxylic acids is 1. The molecule has 0 saturated heterocycles. The van der Waals surface area contributed by atoms with Gasteiger partial charge in [0.1, 0.15) is 11.9 Å². The first-order valence-corrected chi connectivity index (χ1v) is 12.4. The fourth-order valence-corrected chi connectivity index (χ4v) is 4.52. The third-order valence-corrected chi connectivity index (χ3v) is 6.96. The summed E-state index contributed by atoms with van der Waals surface area (Å²) in [5, 5.41) is 19.7. The fourth-order valence-electron chi connectivity index (χ4n) is 4.52. The smallest absolute Gasteiger partial charge is 0.416 e. The largest absolute Gasteiger partial charge is 0.481 e. The molecule has 2 fully saturated rings. The molecule has 3 aromatic heterocycles. The zero-order chi connectivity index (χ0) is 27.2. The number of benzene rings is 1. The number of aliphatic carboxylic acids is 1. The van der Waals surface area contributed by atoms with Gasteiger partial charge in [-0.3, -0.25) is 19.9 Å². The van der Waals surface area contributed by atoms with Crippen molar-refractivity contribution in [1.82, 2.24) is 25.1 Å². The van der Waals surface area contributed by atoms with Gasteiger partial charge in [0.15, 0.2) is 0 Å². The molecule has 0 bridgehead atoms. The van der Waals surface area contributed by atoms with E-state index in [1.807, 2.05) is 0 Å². The van der Waals surface area contributed by atoms with Crippen LogP contribution in [0.4, 0.5) is 19.0 Å². The van der Waals surface area contributed by atoms with E-state index in [2.05, 4.69) is 30.5 Å². The van der Waals surface area contributed by atoms with Crippen molar-refractivity contribution in [3.8, 4) is 28.3 Å². The van der Waals surface area contributed by atoms with Crippen LogP contribution >= 0.6 is 0 Å². The van der Waals surface area contributed by atoms with Crippen molar-refractivity contribution in [2.45, 2.75) is 49.9 Å². The van der Waals surface area contributed by atoms with Crippen LogP contribution in [0.15, 0.2) is 55.1 Å². The van der Waals surface area contributed by atoms with E-state index in [0.29, 0.717) is 35.1 Å². The number of rotatable bonds is 9. The maximum Gasteiger partial charge on any atom is 0.416 e. The first-order chi connectivity index (χ1) is 18.7. The Kier molecular flexibility index (Phi) is 5.96. The van der Waals surface area contributed by atoms with Crippen LogP contribution < -0.4 is 10.1 Å². The van der Waals surface area contributed by atoms with Crippen molar-refractivity contribution in [2.24, 2.45) is 0 Å². The van der Waals surface area contributed by atoms with Gasteiger partial charge < -0.3 is 15.2 Å². The van der Waals surface area contributed by atoms with Gasteiger partial charge in [-0.2, -0.15) is 23.3 Å². The molecule has 0 radical (unpaired) electrons. The predicted octanol–water partition coefficient (Wildman–Crippen LogP) is 5.22. The van der Waals surface area contributed by atoms with Crippen LogP contribution in [0.2, 0.25) is 0 Å². The number of nitrogens with zero attached hydrogens (tertiary/aromatic N) is 4. The highest BCUT2D eigenvalue weighted by molar-refractivity contribution is 5.86. The van der Waals surface area contributed by atoms with Gasteiger partial charge in [0.2, 0.25) is 5.88 Å². The molecule has 1 aromatic carbocycles. The van der Waals surface area contributed by atoms with Crippen LogP contribution in [0, 0.1) is 0 Å². The number of carbonyl (C=O) groups is 1. The summed E-state index contributed by atoms with van der Waals surface area (Å²) >= 11 is 0. The zero-order valence-corrected chi connectivity index (χ0v) is 20.5. The number of aromatic nitrogens is 5. The third kappa shape index (κ3) is 5.01. The quantitative estimate of drug-likeness (QED) is 0.266. The number of ether oxygens (including phenoxy) is 1. The highest BCUT2D eigenvalue weighted by Gasteiger charge is 2.55. The van der Waals surface area contributed by atoms with Gasteiger partial charge in [-0.15, -0.1) is 0 Å². The number of hydrogen-bond acceptors (Lipinski definition) is 7. The topological polar surface area (TPSA) is 126 Å². The van der Waals surface area contributed by atoms with Gasteiger partial charge in [0.05, 0.1) is 47.5 Å². The number of alkyl halides is 3. The van der Waals surface area contributed by atoms with E-state index in [1.165, 1.54) is 18.3 Å². The predicted molar refractivity (Wildman–Crippen MR) is 134 cm³/mol. The maximum absolute atomic E-state index is 13.9. The summed E-state index contributed by atoms with van der Waals surface area (Å²) in [7, 11) is 0. The summed E-state index contributed by atoms with van der Waals surface area (Å²) in [6, 6.07) is 7.18. The zero-order valence-electron chi connectivity index (χ0n) is 20.5. The number of anilines is 1. The van der Waals surface area contributed by atoms with Crippen molar-refractivity contribution >= 4 is 11.8 Å². The van der Waals surface area contributed by atoms with Crippen LogP contribution in [0.1, 0.15) is 42.5 Å². The fraction of sp³-hybridized carbons (Fsp3) is 0.296. The molecule has 0 amide bonds. The standard InChI is InChI=1S/C27H23F3N6O3/c28-27(29,30)20-9-15(1-5-19(20)26(7-8-26)25(37)38)16-2-6-21(32-10-16)18-11-34-36-22(18)12-33-23-13-31-14-24(35-23)39-17-3-4-17/h1-2,5-6,9-11,13-14,17H,3-4,7-8,12H2,(H,33,35)(H,34,36)(H,37,38). The van der Waals surface area contributed by atoms with Gasteiger partial charge in [-0.1, -0.05) is 18.2 Å². The Morgan fingerprint density at radius 2 is 1.90 bits per heavy atom. The van der Waals surface area contributed by atoms with Gasteiger partial charge in [0, 0.05) is 17.3 Å². The van der Waals surface area contributed by atoms with E-state index < -0.39 is 23.1 Å². The van der Waals surface area contributed by atoms with Crippen molar-refractivity contribution in [3.63, 3.8) is 0 Å². The highest BCUT2D eigenvalue weighted by atomic mass is 19.4. The van der Waals surface area contributed by atoms with Gasteiger partial charge in [-0.25, -0.2) is 0 Å². The molecule has 0 atom stereocenters. The van der Waals surface area contributed by atoms with E-state index in [-0.39, 0.29) is 24.5 Å². The SMILES string of the molecule is O=C(O)C1(c2ccc(-c3ccc(-c4cn[nH]c4CNc4cncc(OC5CC5)n4)nc3)cc2C(F)(F)F)CC1. The van der Waals surface area contributed by atoms with Gasteiger partial charge >= 0.3 is 12.1 Å². The molecule has 2 aliphatic rings. The lowest BCUT2D eigenvalue weighted by molar-refractivity contribution is -0.142. The molecule has 9 nitrogen and oxygen atoms in total. The van der Waals surface area contributed by atoms with E-state index in [0.717, 1.165) is 30.2 Å². The lowest BCUT2D eigenvalue weighted by atomic mass is 9.88. The van der Waals surface area contributed by atoms with Gasteiger partial charge in [0.25, 0.3) is 0 Å². The molecule has 3 N–H and O–H groups in total. The molecule has 2 aliphatic carbocycles. The average molecular weight is 537 g/mol. The Morgan fingerprint density at radius 3 is 2.56 bits per heavy atom. The van der Waals surface area contributed by atoms with Crippen LogP contribution in [0.25, 0.3) is 22.4 Å². The summed E-state index contributed by atoms with van der Waals surface area (Å²) in [5.41, 5.74) is 0.218. The molecular formula is C27H23F3N6O3. The van der Waals surface area contributed by atoms with Gasteiger partial charge in [-0.05, 0) is 48.9 Å². The Morgan fingerprint density at radius 1 is 1.10 bits per heavy atom. The van der Waals surface area contributed by atoms with E-state index in [9.17, 15) is 23.1 Å². The summed E-state index contributed by atoms with van der Waals surface area (Å²) in [6.45, 7) is 0.349. The normalized spacial score (nSPS) is 16.1. The van der Waals surface area contributed by atoms with Crippen LogP contribution in [0.3, 0.4) is 0 Å². The number of carboxylic acid groups (broad SMARTS) is 1. The number of pyridine rings is 1. The number of H-pyrrole nitrogens is 1. The first-order valence-electron chi connectivity index (χ1n) is 12.4. The average Bonchev–Trinajstić information content (AvgIpc) is 3.85. The second kappa shape index (κ2) is 9.37. The summed E-state index contributed by atoms with van der Waals surface area (Å²) < 4.78 is 47.4. The minimum atomic E-state index is -4.68. The van der Waals surface area contributed by atoms with Crippen molar-refractivity contribution < 1.29 is 27.8 Å². The second-order valence-electron chi connectivity index (χ2n) is 9.75. The van der Waals surface area contributed by atoms with E-state index >= 15 is 0 Å². The van der Waals surface area contributed by atoms with E-state index in [4.69, 9.17) is 4.74 Å². The lowest BCUT2D eigenvalue weighted by Crippen LogP contribution is -2.24. The summed E-state index contributed by atoms with van der Waals surface area (Å²) in [6.07, 6.45) is 4.20. The number of halogens is 3. The monoisotopic (exact) mass is 536 g/mol. The summed E-state index contributed by atoms with van der Waals surface area (Å²) in [4.78, 5) is 24.7. The Hall–Kier alpha value is -4.48. The summed E-state index contributed by atoms with van der Waals surface area (Å²) in [5.74, 6) is -0.234. The molecule has 200 valence electrons. The molecule has 0 spiro atoms. The Bertz CT molecular complexity index is 1530. The molecule has 39 heavy (non-hydrogen) atoms. The molecule has 2 saturated carbocycles. The molecule has 6 rings (SSSR count). The number of nitrogens with one attached hydrogen (secondary N) is 2. The van der Waals surface area contributed by atoms with E-state index in [1.54, 1.807) is 30.7 Å². The third-order valence-electron chi connectivity index (χ3n) is 6.96. The first kappa shape index (κ1) is 24.8. The number of hydrogen-bond donors (Lipinski definition) is 3.